The predicted molar refractivity (Wildman–Crippen MR) is 67.8 cm³/mol. The SMILES string of the molecule is CCN(CC)c1nc2ncccc2cc1C#N. The molecule has 0 amide bonds. The van der Waals surface area contributed by atoms with Crippen molar-refractivity contribution in [3.05, 3.63) is 30.0 Å². The van der Waals surface area contributed by atoms with Crippen LogP contribution < -0.4 is 4.90 Å². The highest BCUT2D eigenvalue weighted by atomic mass is 15.2. The van der Waals surface area contributed by atoms with Gasteiger partial charge in [0.05, 0.1) is 5.56 Å². The molecule has 2 aromatic rings. The highest BCUT2D eigenvalue weighted by molar-refractivity contribution is 5.79. The van der Waals surface area contributed by atoms with E-state index in [2.05, 4.69) is 34.8 Å². The van der Waals surface area contributed by atoms with Crippen LogP contribution in [0, 0.1) is 11.3 Å². The summed E-state index contributed by atoms with van der Waals surface area (Å²) in [6.45, 7) is 5.76. The number of aromatic nitrogens is 2. The summed E-state index contributed by atoms with van der Waals surface area (Å²) in [5.41, 5.74) is 1.29. The lowest BCUT2D eigenvalue weighted by Crippen LogP contribution is -2.24. The van der Waals surface area contributed by atoms with E-state index in [4.69, 9.17) is 0 Å². The van der Waals surface area contributed by atoms with Crippen molar-refractivity contribution >= 4 is 16.9 Å². The first-order valence-electron chi connectivity index (χ1n) is 5.71. The summed E-state index contributed by atoms with van der Waals surface area (Å²) in [4.78, 5) is 10.8. The van der Waals surface area contributed by atoms with E-state index >= 15 is 0 Å². The van der Waals surface area contributed by atoms with Crippen LogP contribution in [-0.2, 0) is 0 Å². The van der Waals surface area contributed by atoms with Crippen LogP contribution >= 0.6 is 0 Å². The summed E-state index contributed by atoms with van der Waals surface area (Å²) < 4.78 is 0. The van der Waals surface area contributed by atoms with Gasteiger partial charge in [-0.2, -0.15) is 5.26 Å². The fourth-order valence-corrected chi connectivity index (χ4v) is 1.84. The lowest BCUT2D eigenvalue weighted by atomic mass is 10.2. The van der Waals surface area contributed by atoms with Crippen molar-refractivity contribution in [1.82, 2.24) is 9.97 Å². The Morgan fingerprint density at radius 2 is 2.12 bits per heavy atom. The monoisotopic (exact) mass is 226 g/mol. The van der Waals surface area contributed by atoms with Gasteiger partial charge in [-0.1, -0.05) is 0 Å². The Morgan fingerprint density at radius 3 is 2.76 bits per heavy atom. The molecule has 0 unspecified atom stereocenters. The number of nitriles is 1. The molecule has 2 aromatic heterocycles. The van der Waals surface area contributed by atoms with E-state index in [-0.39, 0.29) is 0 Å². The second-order valence-corrected chi connectivity index (χ2v) is 3.69. The van der Waals surface area contributed by atoms with Gasteiger partial charge in [0.15, 0.2) is 5.65 Å². The summed E-state index contributed by atoms with van der Waals surface area (Å²) >= 11 is 0. The number of anilines is 1. The number of rotatable bonds is 3. The van der Waals surface area contributed by atoms with Crippen LogP contribution in [0.1, 0.15) is 19.4 Å². The average Bonchev–Trinajstić information content (AvgIpc) is 2.39. The fourth-order valence-electron chi connectivity index (χ4n) is 1.84. The molecule has 0 saturated carbocycles. The van der Waals surface area contributed by atoms with Crippen molar-refractivity contribution < 1.29 is 0 Å². The second-order valence-electron chi connectivity index (χ2n) is 3.69. The Labute approximate surface area is 101 Å². The summed E-state index contributed by atoms with van der Waals surface area (Å²) in [5.74, 6) is 0.726. The highest BCUT2D eigenvalue weighted by Crippen LogP contribution is 2.21. The molecule has 0 bridgehead atoms. The van der Waals surface area contributed by atoms with Gasteiger partial charge in [0.1, 0.15) is 11.9 Å². The van der Waals surface area contributed by atoms with Gasteiger partial charge < -0.3 is 4.90 Å². The van der Waals surface area contributed by atoms with Gasteiger partial charge in [0.2, 0.25) is 0 Å². The van der Waals surface area contributed by atoms with Gasteiger partial charge in [-0.15, -0.1) is 0 Å². The van der Waals surface area contributed by atoms with E-state index in [1.165, 1.54) is 0 Å². The summed E-state index contributed by atoms with van der Waals surface area (Å²) in [5, 5.41) is 10.1. The Hall–Kier alpha value is -2.15. The Balaban J connectivity index is 2.65. The van der Waals surface area contributed by atoms with Gasteiger partial charge in [0, 0.05) is 24.7 Å². The van der Waals surface area contributed by atoms with Gasteiger partial charge in [-0.3, -0.25) is 0 Å². The summed E-state index contributed by atoms with van der Waals surface area (Å²) in [6.07, 6.45) is 1.72. The Morgan fingerprint density at radius 1 is 1.35 bits per heavy atom. The summed E-state index contributed by atoms with van der Waals surface area (Å²) in [7, 11) is 0. The first kappa shape index (κ1) is 11.3. The number of hydrogen-bond acceptors (Lipinski definition) is 4. The normalized spacial score (nSPS) is 10.2. The second kappa shape index (κ2) is 4.79. The lowest BCUT2D eigenvalue weighted by Gasteiger charge is -2.20. The van der Waals surface area contributed by atoms with Crippen molar-refractivity contribution in [3.8, 4) is 6.07 Å². The van der Waals surface area contributed by atoms with E-state index in [9.17, 15) is 5.26 Å². The van der Waals surface area contributed by atoms with Crippen molar-refractivity contribution in [1.29, 1.82) is 5.26 Å². The smallest absolute Gasteiger partial charge is 0.161 e. The van der Waals surface area contributed by atoms with Gasteiger partial charge in [0.25, 0.3) is 0 Å². The lowest BCUT2D eigenvalue weighted by molar-refractivity contribution is 0.846. The number of nitrogens with zero attached hydrogens (tertiary/aromatic N) is 4. The van der Waals surface area contributed by atoms with E-state index < -0.39 is 0 Å². The maximum Gasteiger partial charge on any atom is 0.161 e. The number of pyridine rings is 2. The maximum atomic E-state index is 9.18. The van der Waals surface area contributed by atoms with Crippen LogP contribution in [-0.4, -0.2) is 23.1 Å². The van der Waals surface area contributed by atoms with Crippen LogP contribution in [0.25, 0.3) is 11.0 Å². The Bertz CT molecular complexity index is 567. The number of fused-ring (bicyclic) bond motifs is 1. The topological polar surface area (TPSA) is 52.8 Å². The molecule has 2 rings (SSSR count). The van der Waals surface area contributed by atoms with Crippen LogP contribution in [0.5, 0.6) is 0 Å². The van der Waals surface area contributed by atoms with Crippen LogP contribution in [0.4, 0.5) is 5.82 Å². The van der Waals surface area contributed by atoms with Crippen LogP contribution in [0.3, 0.4) is 0 Å². The molecule has 0 fully saturated rings. The van der Waals surface area contributed by atoms with E-state index in [0.717, 1.165) is 24.3 Å². The summed E-state index contributed by atoms with van der Waals surface area (Å²) in [6, 6.07) is 7.82. The molecule has 17 heavy (non-hydrogen) atoms. The zero-order chi connectivity index (χ0) is 12.3. The minimum Gasteiger partial charge on any atom is -0.356 e. The third-order valence-electron chi connectivity index (χ3n) is 2.75. The molecule has 4 nitrogen and oxygen atoms in total. The molecule has 86 valence electrons. The standard InChI is InChI=1S/C13H14N4/c1-3-17(4-2)13-11(9-14)8-10-6-5-7-15-12(10)16-13/h5-8H,3-4H2,1-2H3. The van der Waals surface area contributed by atoms with Crippen molar-refractivity contribution in [3.63, 3.8) is 0 Å². The minimum atomic E-state index is 0.606. The molecular weight excluding hydrogens is 212 g/mol. The van der Waals surface area contributed by atoms with E-state index in [1.54, 1.807) is 6.20 Å². The van der Waals surface area contributed by atoms with Crippen molar-refractivity contribution in [2.24, 2.45) is 0 Å². The molecule has 0 saturated heterocycles. The zero-order valence-corrected chi connectivity index (χ0v) is 10.0. The molecule has 0 radical (unpaired) electrons. The van der Waals surface area contributed by atoms with Gasteiger partial charge in [-0.05, 0) is 32.0 Å². The van der Waals surface area contributed by atoms with E-state index in [0.29, 0.717) is 11.2 Å². The van der Waals surface area contributed by atoms with Gasteiger partial charge >= 0.3 is 0 Å². The molecule has 0 spiro atoms. The molecule has 0 N–H and O–H groups in total. The predicted octanol–water partition coefficient (Wildman–Crippen LogP) is 2.35. The molecule has 0 atom stereocenters. The first-order chi connectivity index (χ1) is 8.30. The molecule has 0 aliphatic rings. The van der Waals surface area contributed by atoms with Crippen LogP contribution in [0.15, 0.2) is 24.4 Å². The van der Waals surface area contributed by atoms with Crippen molar-refractivity contribution in [2.75, 3.05) is 18.0 Å². The molecule has 4 heteroatoms. The van der Waals surface area contributed by atoms with Gasteiger partial charge in [-0.25, -0.2) is 9.97 Å². The highest BCUT2D eigenvalue weighted by Gasteiger charge is 2.11. The first-order valence-corrected chi connectivity index (χ1v) is 5.71. The maximum absolute atomic E-state index is 9.18. The zero-order valence-electron chi connectivity index (χ0n) is 10.0. The molecule has 0 aliphatic heterocycles. The molecule has 0 aromatic carbocycles. The quantitative estimate of drug-likeness (QED) is 0.806. The Kier molecular flexibility index (Phi) is 3.20. The minimum absolute atomic E-state index is 0.606. The molecular formula is C13H14N4. The van der Waals surface area contributed by atoms with Crippen LogP contribution in [0.2, 0.25) is 0 Å². The number of hydrogen-bond donors (Lipinski definition) is 0. The average molecular weight is 226 g/mol. The third-order valence-corrected chi connectivity index (χ3v) is 2.75. The largest absolute Gasteiger partial charge is 0.356 e. The third kappa shape index (κ3) is 2.04. The molecule has 2 heterocycles. The van der Waals surface area contributed by atoms with E-state index in [1.807, 2.05) is 18.2 Å². The van der Waals surface area contributed by atoms with Crippen molar-refractivity contribution in [2.45, 2.75) is 13.8 Å². The molecule has 0 aliphatic carbocycles. The fraction of sp³-hybridized carbons (Fsp3) is 0.308.